The number of carbonyl (C=O) groups is 1. The van der Waals surface area contributed by atoms with Crippen LogP contribution in [0.25, 0.3) is 0 Å². The Morgan fingerprint density at radius 2 is 2.25 bits per heavy atom. The number of amides is 1. The monoisotopic (exact) mass is 293 g/mol. The van der Waals surface area contributed by atoms with Gasteiger partial charge in [0, 0.05) is 37.0 Å². The third-order valence-corrected chi connectivity index (χ3v) is 5.10. The summed E-state index contributed by atoms with van der Waals surface area (Å²) in [4.78, 5) is 21.0. The highest BCUT2D eigenvalue weighted by atomic mass is 32.1. The molecule has 2 aliphatic heterocycles. The molecule has 20 heavy (non-hydrogen) atoms. The summed E-state index contributed by atoms with van der Waals surface area (Å²) in [6.45, 7) is 9.91. The lowest BCUT2D eigenvalue weighted by Crippen LogP contribution is -2.57. The highest BCUT2D eigenvalue weighted by Gasteiger charge is 2.48. The summed E-state index contributed by atoms with van der Waals surface area (Å²) < 4.78 is 0. The molecule has 1 aromatic heterocycles. The molecule has 0 aromatic carbocycles. The number of hydrogen-bond donors (Lipinski definition) is 0. The molecule has 3 heterocycles. The average Bonchev–Trinajstić information content (AvgIpc) is 3.03. The highest BCUT2D eigenvalue weighted by Crippen LogP contribution is 2.40. The van der Waals surface area contributed by atoms with Gasteiger partial charge < -0.3 is 9.80 Å². The third-order valence-electron chi connectivity index (χ3n) is 4.52. The lowest BCUT2D eigenvalue weighted by Gasteiger charge is -2.48. The SMILES string of the molecule is CC(C)CCN1CC2(CCN(C(=O)c3cscn3)C2)C1. The second kappa shape index (κ2) is 5.45. The van der Waals surface area contributed by atoms with Crippen LogP contribution in [0, 0.1) is 11.3 Å². The second-order valence-electron chi connectivity index (χ2n) is 6.74. The fourth-order valence-electron chi connectivity index (χ4n) is 3.35. The first kappa shape index (κ1) is 14.0. The minimum atomic E-state index is 0.115. The summed E-state index contributed by atoms with van der Waals surface area (Å²) in [7, 11) is 0. The molecule has 1 amide bonds. The topological polar surface area (TPSA) is 36.4 Å². The van der Waals surface area contributed by atoms with Crippen LogP contribution in [0.15, 0.2) is 10.9 Å². The van der Waals surface area contributed by atoms with E-state index in [4.69, 9.17) is 0 Å². The predicted molar refractivity (Wildman–Crippen MR) is 81.0 cm³/mol. The third kappa shape index (κ3) is 2.74. The maximum Gasteiger partial charge on any atom is 0.273 e. The molecule has 0 saturated carbocycles. The van der Waals surface area contributed by atoms with E-state index in [0.29, 0.717) is 11.1 Å². The fraction of sp³-hybridized carbons (Fsp3) is 0.733. The molecular weight excluding hydrogens is 270 g/mol. The fourth-order valence-corrected chi connectivity index (χ4v) is 3.87. The molecule has 2 saturated heterocycles. The minimum Gasteiger partial charge on any atom is -0.337 e. The lowest BCUT2D eigenvalue weighted by atomic mass is 9.79. The molecule has 1 spiro atoms. The van der Waals surface area contributed by atoms with Gasteiger partial charge >= 0.3 is 0 Å². The smallest absolute Gasteiger partial charge is 0.273 e. The summed E-state index contributed by atoms with van der Waals surface area (Å²) in [5.74, 6) is 0.890. The molecule has 110 valence electrons. The van der Waals surface area contributed by atoms with E-state index < -0.39 is 0 Å². The average molecular weight is 293 g/mol. The van der Waals surface area contributed by atoms with Gasteiger partial charge in [0.2, 0.25) is 0 Å². The Balaban J connectivity index is 1.50. The van der Waals surface area contributed by atoms with Crippen LogP contribution in [-0.4, -0.2) is 53.4 Å². The zero-order valence-corrected chi connectivity index (χ0v) is 13.2. The summed E-state index contributed by atoms with van der Waals surface area (Å²) in [6.07, 6.45) is 2.43. The molecule has 1 aromatic rings. The molecule has 2 aliphatic rings. The molecule has 0 radical (unpaired) electrons. The van der Waals surface area contributed by atoms with Gasteiger partial charge in [-0.05, 0) is 25.3 Å². The van der Waals surface area contributed by atoms with Gasteiger partial charge in [-0.1, -0.05) is 13.8 Å². The Hall–Kier alpha value is -0.940. The van der Waals surface area contributed by atoms with Crippen molar-refractivity contribution >= 4 is 17.2 Å². The predicted octanol–water partition coefficient (Wildman–Crippen LogP) is 2.34. The van der Waals surface area contributed by atoms with Crippen LogP contribution < -0.4 is 0 Å². The Labute approximate surface area is 124 Å². The first-order valence-electron chi connectivity index (χ1n) is 7.48. The number of aromatic nitrogens is 1. The van der Waals surface area contributed by atoms with Gasteiger partial charge in [0.1, 0.15) is 5.69 Å². The van der Waals surface area contributed by atoms with E-state index in [-0.39, 0.29) is 5.91 Å². The van der Waals surface area contributed by atoms with E-state index in [1.54, 1.807) is 5.51 Å². The van der Waals surface area contributed by atoms with Crippen molar-refractivity contribution in [1.82, 2.24) is 14.8 Å². The zero-order chi connectivity index (χ0) is 14.2. The van der Waals surface area contributed by atoms with Crippen LogP contribution in [0.5, 0.6) is 0 Å². The van der Waals surface area contributed by atoms with Crippen molar-refractivity contribution in [2.24, 2.45) is 11.3 Å². The molecule has 0 N–H and O–H groups in total. The normalized spacial score (nSPS) is 21.6. The summed E-state index contributed by atoms with van der Waals surface area (Å²) >= 11 is 1.49. The van der Waals surface area contributed by atoms with Crippen molar-refractivity contribution < 1.29 is 4.79 Å². The van der Waals surface area contributed by atoms with Crippen LogP contribution in [0.2, 0.25) is 0 Å². The van der Waals surface area contributed by atoms with Crippen molar-refractivity contribution in [2.75, 3.05) is 32.7 Å². The maximum atomic E-state index is 12.3. The molecule has 0 aliphatic carbocycles. The van der Waals surface area contributed by atoms with Crippen LogP contribution in [0.3, 0.4) is 0 Å². The van der Waals surface area contributed by atoms with Crippen LogP contribution >= 0.6 is 11.3 Å². The van der Waals surface area contributed by atoms with E-state index >= 15 is 0 Å². The van der Waals surface area contributed by atoms with E-state index in [0.717, 1.165) is 25.4 Å². The van der Waals surface area contributed by atoms with E-state index in [9.17, 15) is 4.79 Å². The van der Waals surface area contributed by atoms with E-state index in [1.165, 1.54) is 37.4 Å². The molecule has 4 nitrogen and oxygen atoms in total. The number of nitrogens with zero attached hydrogens (tertiary/aromatic N) is 3. The zero-order valence-electron chi connectivity index (χ0n) is 12.3. The highest BCUT2D eigenvalue weighted by molar-refractivity contribution is 7.07. The van der Waals surface area contributed by atoms with Crippen molar-refractivity contribution in [1.29, 1.82) is 0 Å². The maximum absolute atomic E-state index is 12.3. The van der Waals surface area contributed by atoms with Gasteiger partial charge in [-0.15, -0.1) is 11.3 Å². The van der Waals surface area contributed by atoms with Gasteiger partial charge in [0.25, 0.3) is 5.91 Å². The van der Waals surface area contributed by atoms with Gasteiger partial charge in [0.15, 0.2) is 0 Å². The lowest BCUT2D eigenvalue weighted by molar-refractivity contribution is 0.00604. The number of rotatable bonds is 4. The van der Waals surface area contributed by atoms with Crippen LogP contribution in [0.4, 0.5) is 0 Å². The van der Waals surface area contributed by atoms with Gasteiger partial charge in [0.05, 0.1) is 5.51 Å². The Morgan fingerprint density at radius 1 is 1.45 bits per heavy atom. The molecule has 3 rings (SSSR count). The van der Waals surface area contributed by atoms with E-state index in [1.807, 2.05) is 10.3 Å². The first-order valence-corrected chi connectivity index (χ1v) is 8.42. The largest absolute Gasteiger partial charge is 0.337 e. The van der Waals surface area contributed by atoms with Crippen LogP contribution in [0.1, 0.15) is 37.2 Å². The van der Waals surface area contributed by atoms with Gasteiger partial charge in [-0.3, -0.25) is 4.79 Å². The van der Waals surface area contributed by atoms with Gasteiger partial charge in [-0.2, -0.15) is 0 Å². The Bertz CT molecular complexity index is 465. The number of thiazole rings is 1. The van der Waals surface area contributed by atoms with Crippen molar-refractivity contribution in [3.05, 3.63) is 16.6 Å². The van der Waals surface area contributed by atoms with Crippen molar-refractivity contribution in [3.63, 3.8) is 0 Å². The molecular formula is C15H23N3OS. The molecule has 5 heteroatoms. The quantitative estimate of drug-likeness (QED) is 0.855. The van der Waals surface area contributed by atoms with E-state index in [2.05, 4.69) is 23.7 Å². The summed E-state index contributed by atoms with van der Waals surface area (Å²) in [6, 6.07) is 0. The molecule has 0 bridgehead atoms. The van der Waals surface area contributed by atoms with Crippen LogP contribution in [-0.2, 0) is 0 Å². The van der Waals surface area contributed by atoms with Crippen molar-refractivity contribution in [2.45, 2.75) is 26.7 Å². The standard InChI is InChI=1S/C15H23N3OS/c1-12(2)3-5-17-8-15(9-17)4-6-18(10-15)14(19)13-7-20-11-16-13/h7,11-12H,3-6,8-10H2,1-2H3. The molecule has 2 fully saturated rings. The first-order chi connectivity index (χ1) is 9.58. The second-order valence-corrected chi connectivity index (χ2v) is 7.46. The Kier molecular flexibility index (Phi) is 3.82. The Morgan fingerprint density at radius 3 is 2.90 bits per heavy atom. The number of hydrogen-bond acceptors (Lipinski definition) is 4. The summed E-state index contributed by atoms with van der Waals surface area (Å²) in [5.41, 5.74) is 2.72. The van der Waals surface area contributed by atoms with Gasteiger partial charge in [-0.25, -0.2) is 4.98 Å². The molecule has 0 unspecified atom stereocenters. The summed E-state index contributed by atoms with van der Waals surface area (Å²) in [5, 5.41) is 1.85. The van der Waals surface area contributed by atoms with Crippen molar-refractivity contribution in [3.8, 4) is 0 Å². The minimum absolute atomic E-state index is 0.115. The number of likely N-dealkylation sites (tertiary alicyclic amines) is 2. The molecule has 0 atom stereocenters. The number of carbonyl (C=O) groups excluding carboxylic acids is 1.